The lowest BCUT2D eigenvalue weighted by Crippen LogP contribution is -2.56. The second-order valence-corrected chi connectivity index (χ2v) is 14.9. The van der Waals surface area contributed by atoms with E-state index in [1.165, 1.54) is 0 Å². The molecule has 0 heterocycles. The Labute approximate surface area is 276 Å². The Kier molecular flexibility index (Phi) is 13.0. The number of carbonyl (C=O) groups is 3. The van der Waals surface area contributed by atoms with Crippen LogP contribution in [0.5, 0.6) is 0 Å². The predicted octanol–water partition coefficient (Wildman–Crippen LogP) is 4.77. The van der Waals surface area contributed by atoms with E-state index in [9.17, 15) is 50.0 Å². The molecule has 0 aromatic heterocycles. The molecule has 4 saturated carbocycles. The van der Waals surface area contributed by atoms with E-state index in [1.807, 2.05) is 0 Å². The summed E-state index contributed by atoms with van der Waals surface area (Å²) in [4.78, 5) is 60.3. The van der Waals surface area contributed by atoms with Gasteiger partial charge in [-0.05, 0) is 93.8 Å². The van der Waals surface area contributed by atoms with Crippen LogP contribution in [-0.2, 0) is 14.4 Å². The van der Waals surface area contributed by atoms with Gasteiger partial charge in [0.25, 0.3) is 0 Å². The maximum absolute atomic E-state index is 13.4. The lowest BCUT2D eigenvalue weighted by Gasteiger charge is -2.46. The highest BCUT2D eigenvalue weighted by Crippen LogP contribution is 2.47. The lowest BCUT2D eigenvalue weighted by molar-refractivity contribution is -0.539. The summed E-state index contributed by atoms with van der Waals surface area (Å²) in [5, 5.41) is 56.7. The summed E-state index contributed by atoms with van der Waals surface area (Å²) in [6.07, 6.45) is 9.75. The summed E-state index contributed by atoms with van der Waals surface area (Å²) in [5.41, 5.74) is 2.37. The van der Waals surface area contributed by atoms with Crippen LogP contribution in [0.3, 0.4) is 0 Å². The molecule has 4 aliphatic carbocycles. The zero-order chi connectivity index (χ0) is 34.4. The van der Waals surface area contributed by atoms with Crippen molar-refractivity contribution in [3.8, 4) is 0 Å². The van der Waals surface area contributed by atoms with Gasteiger partial charge in [0.2, 0.25) is 18.0 Å². The van der Waals surface area contributed by atoms with Crippen molar-refractivity contribution in [2.75, 3.05) is 0 Å². The minimum absolute atomic E-state index is 0.0691. The van der Waals surface area contributed by atoms with E-state index in [2.05, 4.69) is 24.6 Å². The minimum Gasteiger partial charge on any atom is -0.481 e. The molecule has 4 aliphatic rings. The molecule has 0 bridgehead atoms. The number of amides is 1. The molecule has 4 fully saturated rings. The number of hydrogen-bond donors (Lipinski definition) is 5. The number of nitrogens with zero attached hydrogens (tertiary/aromatic N) is 2. The van der Waals surface area contributed by atoms with Gasteiger partial charge in [-0.3, -0.25) is 34.6 Å². The molecule has 47 heavy (non-hydrogen) atoms. The fourth-order valence-electron chi connectivity index (χ4n) is 10.2. The van der Waals surface area contributed by atoms with Crippen molar-refractivity contribution in [2.45, 2.75) is 134 Å². The summed E-state index contributed by atoms with van der Waals surface area (Å²) in [6, 6.07) is -3.02. The highest BCUT2D eigenvalue weighted by Gasteiger charge is 2.52. The summed E-state index contributed by atoms with van der Waals surface area (Å²) in [6.45, 7) is 4.15. The molecule has 4 rings (SSSR count). The van der Waals surface area contributed by atoms with E-state index in [4.69, 9.17) is 0 Å². The quantitative estimate of drug-likeness (QED) is 0.133. The van der Waals surface area contributed by atoms with Crippen molar-refractivity contribution in [1.82, 2.24) is 10.8 Å². The largest absolute Gasteiger partial charge is 0.481 e. The van der Waals surface area contributed by atoms with Gasteiger partial charge in [-0.1, -0.05) is 33.1 Å². The third-order valence-corrected chi connectivity index (χ3v) is 12.6. The van der Waals surface area contributed by atoms with Gasteiger partial charge in [-0.15, -0.1) is 0 Å². The first kappa shape index (κ1) is 37.0. The number of rotatable bonds is 13. The Morgan fingerprint density at radius 3 is 1.87 bits per heavy atom. The molecule has 13 unspecified atom stereocenters. The molecule has 13 atom stereocenters. The Hall–Kier alpha value is -2.87. The van der Waals surface area contributed by atoms with Crippen LogP contribution >= 0.6 is 0 Å². The SMILES string of the molecule is CCC1CC(CC2CCC(C(NO)C3C(C(=O)O)CCCC3[N+](=O)[O-])C(CC)C2)CCC1NC(=O)C1C(C(=O)O)CCCC1[N+](=O)[O-]. The zero-order valence-corrected chi connectivity index (χ0v) is 27.7. The van der Waals surface area contributed by atoms with E-state index in [0.29, 0.717) is 37.5 Å². The highest BCUT2D eigenvalue weighted by molar-refractivity contribution is 5.85. The molecule has 0 spiro atoms. The van der Waals surface area contributed by atoms with E-state index in [-0.39, 0.29) is 41.6 Å². The van der Waals surface area contributed by atoms with Crippen LogP contribution in [0.15, 0.2) is 0 Å². The van der Waals surface area contributed by atoms with Gasteiger partial charge in [0, 0.05) is 34.8 Å². The van der Waals surface area contributed by atoms with Crippen LogP contribution in [0.25, 0.3) is 0 Å². The molecular formula is C33H54N4O10. The predicted molar refractivity (Wildman–Crippen MR) is 169 cm³/mol. The van der Waals surface area contributed by atoms with Gasteiger partial charge in [0.05, 0.1) is 17.8 Å². The van der Waals surface area contributed by atoms with E-state index in [0.717, 1.165) is 57.8 Å². The van der Waals surface area contributed by atoms with E-state index in [1.54, 1.807) is 0 Å². The number of carboxylic acid groups (broad SMARTS) is 2. The van der Waals surface area contributed by atoms with Crippen LogP contribution < -0.4 is 10.8 Å². The molecule has 14 nitrogen and oxygen atoms in total. The van der Waals surface area contributed by atoms with Crippen LogP contribution in [0, 0.1) is 73.5 Å². The average Bonchev–Trinajstić information content (AvgIpc) is 3.05. The number of nitro groups is 2. The smallest absolute Gasteiger partial charge is 0.307 e. The summed E-state index contributed by atoms with van der Waals surface area (Å²) < 4.78 is 0. The molecule has 0 aromatic carbocycles. The standard InChI is InChI=1S/C33H54N4O10/c1-3-20-16-18(11-13-22(20)30(35-43)28-23(32(39)40)7-5-9-26(28)36(44)45)15-19-12-14-25(21(4-2)17-19)34-31(38)29-24(33(41)42)8-6-10-27(29)37(46)47/h18-30,35,43H,3-17H2,1-2H3,(H,34,38)(H,39,40)(H,41,42). The summed E-state index contributed by atoms with van der Waals surface area (Å²) in [7, 11) is 0. The van der Waals surface area contributed by atoms with Crippen LogP contribution in [0.2, 0.25) is 0 Å². The first-order valence-electron chi connectivity index (χ1n) is 17.8. The van der Waals surface area contributed by atoms with Crippen molar-refractivity contribution in [3.05, 3.63) is 20.2 Å². The first-order valence-corrected chi connectivity index (χ1v) is 17.8. The second-order valence-electron chi connectivity index (χ2n) is 14.9. The van der Waals surface area contributed by atoms with Gasteiger partial charge < -0.3 is 20.7 Å². The van der Waals surface area contributed by atoms with Crippen LogP contribution in [0.4, 0.5) is 0 Å². The maximum atomic E-state index is 13.4. The van der Waals surface area contributed by atoms with Crippen molar-refractivity contribution < 1.29 is 39.7 Å². The molecule has 14 heteroatoms. The second kappa shape index (κ2) is 16.5. The topological polar surface area (TPSA) is 222 Å². The van der Waals surface area contributed by atoms with Gasteiger partial charge in [-0.2, -0.15) is 0 Å². The summed E-state index contributed by atoms with van der Waals surface area (Å²) >= 11 is 0. The lowest BCUT2D eigenvalue weighted by atomic mass is 9.61. The maximum Gasteiger partial charge on any atom is 0.307 e. The number of carboxylic acids is 2. The minimum atomic E-state index is -1.19. The van der Waals surface area contributed by atoms with Crippen molar-refractivity contribution >= 4 is 17.8 Å². The Morgan fingerprint density at radius 2 is 1.32 bits per heavy atom. The van der Waals surface area contributed by atoms with Gasteiger partial charge in [0.15, 0.2) is 0 Å². The van der Waals surface area contributed by atoms with Crippen molar-refractivity contribution in [2.24, 2.45) is 53.3 Å². The Bertz CT molecular complexity index is 1090. The third kappa shape index (κ3) is 8.41. The first-order chi connectivity index (χ1) is 22.4. The van der Waals surface area contributed by atoms with Crippen molar-refractivity contribution in [1.29, 1.82) is 0 Å². The fourth-order valence-corrected chi connectivity index (χ4v) is 10.2. The van der Waals surface area contributed by atoms with Gasteiger partial charge >= 0.3 is 11.9 Å². The normalized spacial score (nSPS) is 38.5. The average molecular weight is 667 g/mol. The molecule has 0 saturated heterocycles. The monoisotopic (exact) mass is 666 g/mol. The Morgan fingerprint density at radius 1 is 0.766 bits per heavy atom. The van der Waals surface area contributed by atoms with Crippen LogP contribution in [-0.4, -0.2) is 67.3 Å². The summed E-state index contributed by atoms with van der Waals surface area (Å²) in [5.74, 6) is -5.46. The van der Waals surface area contributed by atoms with Gasteiger partial charge in [-0.25, -0.2) is 5.48 Å². The number of hydroxylamine groups is 1. The molecule has 266 valence electrons. The molecule has 0 aliphatic heterocycles. The zero-order valence-electron chi connectivity index (χ0n) is 27.7. The third-order valence-electron chi connectivity index (χ3n) is 12.6. The highest BCUT2D eigenvalue weighted by atomic mass is 16.6. The molecule has 0 radical (unpaired) electrons. The molecule has 5 N–H and O–H groups in total. The number of carbonyl (C=O) groups excluding carboxylic acids is 1. The number of hydrogen-bond acceptors (Lipinski definition) is 9. The molecule has 0 aromatic rings. The van der Waals surface area contributed by atoms with Gasteiger partial charge in [0.1, 0.15) is 5.92 Å². The fraction of sp³-hybridized carbons (Fsp3) is 0.909. The van der Waals surface area contributed by atoms with Crippen molar-refractivity contribution in [3.63, 3.8) is 0 Å². The Balaban J connectivity index is 1.37. The van der Waals surface area contributed by atoms with Crippen LogP contribution in [0.1, 0.15) is 110 Å². The molecule has 1 amide bonds. The number of nitrogens with one attached hydrogen (secondary N) is 2. The van der Waals surface area contributed by atoms with E-state index < -0.39 is 64.6 Å². The number of aliphatic carboxylic acids is 2. The molecular weight excluding hydrogens is 612 g/mol. The van der Waals surface area contributed by atoms with E-state index >= 15 is 0 Å².